The maximum absolute atomic E-state index is 5.35. The Morgan fingerprint density at radius 3 is 2.42 bits per heavy atom. The number of rotatable bonds is 8. The quantitative estimate of drug-likeness (QED) is 0.634. The van der Waals surface area contributed by atoms with Crippen molar-refractivity contribution < 1.29 is 18.6 Å². The molecule has 0 saturated carbocycles. The van der Waals surface area contributed by atoms with E-state index in [-0.39, 0.29) is 0 Å². The van der Waals surface area contributed by atoms with Crippen molar-refractivity contribution in [2.24, 2.45) is 0 Å². The van der Waals surface area contributed by atoms with Crippen LogP contribution in [0.5, 0.6) is 17.2 Å². The first-order valence-corrected chi connectivity index (χ1v) is 7.90. The Kier molecular flexibility index (Phi) is 5.43. The van der Waals surface area contributed by atoms with E-state index in [1.807, 2.05) is 12.1 Å². The summed E-state index contributed by atoms with van der Waals surface area (Å²) in [5.41, 5.74) is 0.711. The average molecular weight is 356 g/mol. The summed E-state index contributed by atoms with van der Waals surface area (Å²) in [6.45, 7) is 0.535. The fourth-order valence-corrected chi connectivity index (χ4v) is 2.39. The number of hydrogen-bond donors (Lipinski definition) is 2. The number of aromatic nitrogens is 2. The first-order valence-electron chi connectivity index (χ1n) is 7.90. The number of furan rings is 1. The molecule has 0 aliphatic heterocycles. The number of ether oxygens (including phenoxy) is 3. The van der Waals surface area contributed by atoms with E-state index >= 15 is 0 Å². The van der Waals surface area contributed by atoms with Gasteiger partial charge in [0, 0.05) is 24.0 Å². The van der Waals surface area contributed by atoms with Gasteiger partial charge in [0.15, 0.2) is 11.5 Å². The fourth-order valence-electron chi connectivity index (χ4n) is 2.39. The molecule has 0 amide bonds. The lowest BCUT2D eigenvalue weighted by Gasteiger charge is -2.14. The Balaban J connectivity index is 1.77. The highest BCUT2D eigenvalue weighted by molar-refractivity contribution is 5.66. The SMILES string of the molecule is COc1cc(Nc2nccc(NCc3ccco3)n2)cc(OC)c1OC. The van der Waals surface area contributed by atoms with Gasteiger partial charge in [0.2, 0.25) is 11.7 Å². The third kappa shape index (κ3) is 3.97. The minimum Gasteiger partial charge on any atom is -0.493 e. The molecular weight excluding hydrogens is 336 g/mol. The summed E-state index contributed by atoms with van der Waals surface area (Å²) >= 11 is 0. The predicted molar refractivity (Wildman–Crippen MR) is 97.4 cm³/mol. The van der Waals surface area contributed by atoms with Gasteiger partial charge in [-0.05, 0) is 18.2 Å². The molecule has 136 valence electrons. The van der Waals surface area contributed by atoms with Crippen LogP contribution < -0.4 is 24.8 Å². The van der Waals surface area contributed by atoms with Crippen LogP contribution in [0.3, 0.4) is 0 Å². The van der Waals surface area contributed by atoms with Crippen LogP contribution in [-0.4, -0.2) is 31.3 Å². The van der Waals surface area contributed by atoms with Crippen molar-refractivity contribution in [1.29, 1.82) is 0 Å². The Morgan fingerprint density at radius 1 is 1.04 bits per heavy atom. The Hall–Kier alpha value is -3.42. The van der Waals surface area contributed by atoms with Gasteiger partial charge < -0.3 is 29.3 Å². The van der Waals surface area contributed by atoms with Gasteiger partial charge in [0.05, 0.1) is 34.1 Å². The summed E-state index contributed by atoms with van der Waals surface area (Å²) in [6, 6.07) is 9.09. The Bertz CT molecular complexity index is 827. The number of methoxy groups -OCH3 is 3. The second-order valence-electron chi connectivity index (χ2n) is 5.24. The molecule has 1 aromatic carbocycles. The topological polar surface area (TPSA) is 90.7 Å². The van der Waals surface area contributed by atoms with Gasteiger partial charge >= 0.3 is 0 Å². The van der Waals surface area contributed by atoms with E-state index in [2.05, 4.69) is 20.6 Å². The molecule has 0 atom stereocenters. The Morgan fingerprint density at radius 2 is 1.81 bits per heavy atom. The summed E-state index contributed by atoms with van der Waals surface area (Å²) in [5.74, 6) is 3.54. The van der Waals surface area contributed by atoms with Crippen molar-refractivity contribution in [2.75, 3.05) is 32.0 Å². The van der Waals surface area contributed by atoms with Gasteiger partial charge in [-0.25, -0.2) is 4.98 Å². The monoisotopic (exact) mass is 356 g/mol. The maximum Gasteiger partial charge on any atom is 0.229 e. The number of hydrogen-bond acceptors (Lipinski definition) is 8. The van der Waals surface area contributed by atoms with E-state index in [9.17, 15) is 0 Å². The second-order valence-corrected chi connectivity index (χ2v) is 5.24. The van der Waals surface area contributed by atoms with Crippen molar-refractivity contribution in [3.05, 3.63) is 48.6 Å². The molecule has 8 nitrogen and oxygen atoms in total. The molecule has 0 unspecified atom stereocenters. The van der Waals surface area contributed by atoms with Crippen LogP contribution in [0, 0.1) is 0 Å². The highest BCUT2D eigenvalue weighted by Crippen LogP contribution is 2.40. The van der Waals surface area contributed by atoms with Crippen LogP contribution in [0.15, 0.2) is 47.2 Å². The summed E-state index contributed by atoms with van der Waals surface area (Å²) in [5, 5.41) is 6.32. The highest BCUT2D eigenvalue weighted by Gasteiger charge is 2.13. The fraction of sp³-hybridized carbons (Fsp3) is 0.222. The summed E-state index contributed by atoms with van der Waals surface area (Å²) in [6.07, 6.45) is 3.30. The maximum atomic E-state index is 5.35. The van der Waals surface area contributed by atoms with E-state index < -0.39 is 0 Å². The first-order chi connectivity index (χ1) is 12.7. The van der Waals surface area contributed by atoms with Gasteiger partial charge in [-0.1, -0.05) is 0 Å². The van der Waals surface area contributed by atoms with Crippen LogP contribution in [-0.2, 0) is 6.54 Å². The Labute approximate surface area is 151 Å². The number of anilines is 3. The zero-order chi connectivity index (χ0) is 18.4. The summed E-state index contributed by atoms with van der Waals surface area (Å²) in [7, 11) is 4.69. The van der Waals surface area contributed by atoms with Crippen molar-refractivity contribution >= 4 is 17.5 Å². The molecule has 0 aliphatic rings. The van der Waals surface area contributed by atoms with Crippen LogP contribution in [0.2, 0.25) is 0 Å². The normalized spacial score (nSPS) is 10.3. The van der Waals surface area contributed by atoms with Crippen molar-refractivity contribution in [3.8, 4) is 17.2 Å². The lowest BCUT2D eigenvalue weighted by atomic mass is 10.2. The number of nitrogens with zero attached hydrogens (tertiary/aromatic N) is 2. The molecule has 8 heteroatoms. The third-order valence-corrected chi connectivity index (χ3v) is 3.60. The average Bonchev–Trinajstić information content (AvgIpc) is 3.19. The smallest absolute Gasteiger partial charge is 0.229 e. The molecule has 0 aliphatic carbocycles. The van der Waals surface area contributed by atoms with Crippen LogP contribution in [0.25, 0.3) is 0 Å². The van der Waals surface area contributed by atoms with Gasteiger partial charge in [-0.15, -0.1) is 0 Å². The van der Waals surface area contributed by atoms with Gasteiger partial charge in [0.25, 0.3) is 0 Å². The second kappa shape index (κ2) is 8.11. The van der Waals surface area contributed by atoms with E-state index in [0.29, 0.717) is 41.2 Å². The summed E-state index contributed by atoms with van der Waals surface area (Å²) < 4.78 is 21.3. The van der Waals surface area contributed by atoms with Crippen molar-refractivity contribution in [3.63, 3.8) is 0 Å². The lowest BCUT2D eigenvalue weighted by molar-refractivity contribution is 0.324. The minimum atomic E-state index is 0.434. The number of nitrogens with one attached hydrogen (secondary N) is 2. The zero-order valence-electron chi connectivity index (χ0n) is 14.8. The molecule has 26 heavy (non-hydrogen) atoms. The molecule has 0 saturated heterocycles. The van der Waals surface area contributed by atoms with Crippen molar-refractivity contribution in [2.45, 2.75) is 6.54 Å². The standard InChI is InChI=1S/C18H20N4O4/c1-23-14-9-12(10-15(24-2)17(14)25-3)21-18-19-7-6-16(22-18)20-11-13-5-4-8-26-13/h4-10H,11H2,1-3H3,(H2,19,20,21,22). The van der Waals surface area contributed by atoms with Crippen molar-refractivity contribution in [1.82, 2.24) is 9.97 Å². The lowest BCUT2D eigenvalue weighted by Crippen LogP contribution is -2.04. The zero-order valence-corrected chi connectivity index (χ0v) is 14.8. The van der Waals surface area contributed by atoms with E-state index in [4.69, 9.17) is 18.6 Å². The molecular formula is C18H20N4O4. The number of benzene rings is 1. The molecule has 0 bridgehead atoms. The molecule has 2 aromatic heterocycles. The molecule has 3 rings (SSSR count). The molecule has 2 heterocycles. The minimum absolute atomic E-state index is 0.434. The first kappa shape index (κ1) is 17.4. The van der Waals surface area contributed by atoms with E-state index in [0.717, 1.165) is 5.76 Å². The van der Waals surface area contributed by atoms with Crippen LogP contribution in [0.4, 0.5) is 17.5 Å². The molecule has 2 N–H and O–H groups in total. The third-order valence-electron chi connectivity index (χ3n) is 3.60. The van der Waals surface area contributed by atoms with Crippen LogP contribution >= 0.6 is 0 Å². The van der Waals surface area contributed by atoms with E-state index in [1.54, 1.807) is 52.0 Å². The molecule has 0 fully saturated rings. The van der Waals surface area contributed by atoms with Gasteiger partial charge in [0.1, 0.15) is 11.6 Å². The molecule has 3 aromatic rings. The van der Waals surface area contributed by atoms with Gasteiger partial charge in [-0.3, -0.25) is 0 Å². The molecule has 0 spiro atoms. The van der Waals surface area contributed by atoms with Gasteiger partial charge in [-0.2, -0.15) is 4.98 Å². The van der Waals surface area contributed by atoms with E-state index in [1.165, 1.54) is 0 Å². The molecule has 0 radical (unpaired) electrons. The highest BCUT2D eigenvalue weighted by atomic mass is 16.5. The van der Waals surface area contributed by atoms with Crippen LogP contribution in [0.1, 0.15) is 5.76 Å². The predicted octanol–water partition coefficient (Wildman–Crippen LogP) is 3.45. The largest absolute Gasteiger partial charge is 0.493 e. The summed E-state index contributed by atoms with van der Waals surface area (Å²) in [4.78, 5) is 8.67.